The van der Waals surface area contributed by atoms with Gasteiger partial charge in [0.1, 0.15) is 5.76 Å². The predicted molar refractivity (Wildman–Crippen MR) is 83.5 cm³/mol. The van der Waals surface area contributed by atoms with E-state index in [-0.39, 0.29) is 22.4 Å². The number of hydrogen-bond donors (Lipinski definition) is 1. The Kier molecular flexibility index (Phi) is 5.03. The van der Waals surface area contributed by atoms with Gasteiger partial charge in [0.25, 0.3) is 5.91 Å². The number of benzene rings is 1. The first-order chi connectivity index (χ1) is 10.4. The van der Waals surface area contributed by atoms with Crippen molar-refractivity contribution in [3.8, 4) is 0 Å². The van der Waals surface area contributed by atoms with Crippen LogP contribution < -0.4 is 5.32 Å². The van der Waals surface area contributed by atoms with E-state index < -0.39 is 9.84 Å². The second-order valence-corrected chi connectivity index (χ2v) is 7.25. The van der Waals surface area contributed by atoms with Gasteiger partial charge >= 0.3 is 0 Å². The van der Waals surface area contributed by atoms with Crippen LogP contribution in [0.5, 0.6) is 0 Å². The molecule has 1 unspecified atom stereocenters. The molecule has 0 saturated heterocycles. The molecular formula is C16H19NO4S. The van der Waals surface area contributed by atoms with Gasteiger partial charge in [-0.25, -0.2) is 8.42 Å². The molecule has 0 aliphatic rings. The van der Waals surface area contributed by atoms with Gasteiger partial charge in [-0.2, -0.15) is 0 Å². The van der Waals surface area contributed by atoms with E-state index in [1.165, 1.54) is 12.1 Å². The lowest BCUT2D eigenvalue weighted by molar-refractivity contribution is 0.0934. The maximum atomic E-state index is 12.3. The maximum absolute atomic E-state index is 12.3. The van der Waals surface area contributed by atoms with Crippen LogP contribution in [0.15, 0.2) is 52.0 Å². The molecule has 0 bridgehead atoms. The fourth-order valence-electron chi connectivity index (χ4n) is 2.16. The molecule has 0 aliphatic heterocycles. The Morgan fingerprint density at radius 3 is 2.59 bits per heavy atom. The average molecular weight is 321 g/mol. The fourth-order valence-corrected chi connectivity index (χ4v) is 3.05. The Morgan fingerprint density at radius 2 is 1.95 bits per heavy atom. The summed E-state index contributed by atoms with van der Waals surface area (Å²) in [5.74, 6) is 0.477. The summed E-state index contributed by atoms with van der Waals surface area (Å²) < 4.78 is 28.7. The van der Waals surface area contributed by atoms with E-state index in [9.17, 15) is 13.2 Å². The van der Waals surface area contributed by atoms with Gasteiger partial charge in [0.2, 0.25) is 0 Å². The van der Waals surface area contributed by atoms with Crippen molar-refractivity contribution in [2.75, 3.05) is 6.26 Å². The van der Waals surface area contributed by atoms with E-state index in [4.69, 9.17) is 4.42 Å². The minimum atomic E-state index is -3.44. The quantitative estimate of drug-likeness (QED) is 0.886. The largest absolute Gasteiger partial charge is 0.469 e. The van der Waals surface area contributed by atoms with Crippen molar-refractivity contribution in [2.24, 2.45) is 0 Å². The molecule has 1 aromatic carbocycles. The van der Waals surface area contributed by atoms with Gasteiger partial charge in [-0.05, 0) is 37.6 Å². The number of sulfone groups is 1. The normalized spacial score (nSPS) is 12.8. The number of carbonyl (C=O) groups excluding carboxylic acids is 1. The molecule has 0 aliphatic carbocycles. The van der Waals surface area contributed by atoms with Crippen LogP contribution in [0.1, 0.15) is 29.5 Å². The Hall–Kier alpha value is -2.08. The first-order valence-corrected chi connectivity index (χ1v) is 8.89. The highest BCUT2D eigenvalue weighted by atomic mass is 32.2. The number of carbonyl (C=O) groups is 1. The van der Waals surface area contributed by atoms with Crippen molar-refractivity contribution in [1.29, 1.82) is 0 Å². The molecule has 1 aromatic heterocycles. The number of nitrogens with one attached hydrogen (secondary N) is 1. The van der Waals surface area contributed by atoms with Crippen molar-refractivity contribution in [3.05, 3.63) is 54.0 Å². The molecule has 0 fully saturated rings. The molecule has 118 valence electrons. The lowest BCUT2D eigenvalue weighted by Crippen LogP contribution is -2.33. The van der Waals surface area contributed by atoms with Crippen LogP contribution in [0.25, 0.3) is 0 Å². The van der Waals surface area contributed by atoms with E-state index >= 15 is 0 Å². The van der Waals surface area contributed by atoms with E-state index in [2.05, 4.69) is 5.32 Å². The number of aryl methyl sites for hydroxylation is 1. The highest BCUT2D eigenvalue weighted by molar-refractivity contribution is 7.90. The second kappa shape index (κ2) is 6.79. The van der Waals surface area contributed by atoms with Gasteiger partial charge in [0.15, 0.2) is 9.84 Å². The summed E-state index contributed by atoms with van der Waals surface area (Å²) in [4.78, 5) is 12.3. The van der Waals surface area contributed by atoms with Crippen LogP contribution in [0, 0.1) is 0 Å². The van der Waals surface area contributed by atoms with Crippen molar-refractivity contribution in [2.45, 2.75) is 30.7 Å². The average Bonchev–Trinajstić information content (AvgIpc) is 2.97. The Morgan fingerprint density at radius 1 is 1.23 bits per heavy atom. The topological polar surface area (TPSA) is 76.4 Å². The minimum absolute atomic E-state index is 0.0470. The van der Waals surface area contributed by atoms with Crippen LogP contribution in [0.3, 0.4) is 0 Å². The summed E-state index contributed by atoms with van der Waals surface area (Å²) in [6.07, 6.45) is 4.13. The van der Waals surface area contributed by atoms with E-state index in [1.807, 2.05) is 19.1 Å². The zero-order valence-electron chi connectivity index (χ0n) is 12.6. The zero-order valence-corrected chi connectivity index (χ0v) is 13.4. The summed E-state index contributed by atoms with van der Waals surface area (Å²) >= 11 is 0. The molecule has 0 saturated carbocycles. The number of amides is 1. The van der Waals surface area contributed by atoms with Gasteiger partial charge in [-0.3, -0.25) is 4.79 Å². The Labute approximate surface area is 130 Å². The molecular weight excluding hydrogens is 302 g/mol. The first-order valence-electron chi connectivity index (χ1n) is 7.00. The van der Waals surface area contributed by atoms with E-state index in [0.717, 1.165) is 12.0 Å². The summed E-state index contributed by atoms with van der Waals surface area (Å²) in [5, 5.41) is 2.83. The smallest absolute Gasteiger partial charge is 0.252 e. The third-order valence-corrected chi connectivity index (χ3v) is 4.47. The molecule has 2 rings (SSSR count). The molecule has 1 heterocycles. The molecule has 1 N–H and O–H groups in total. The van der Waals surface area contributed by atoms with Crippen molar-refractivity contribution in [3.63, 3.8) is 0 Å². The van der Waals surface area contributed by atoms with Crippen LogP contribution in [0.4, 0.5) is 0 Å². The standard InChI is InChI=1S/C16H19NO4S/c1-12(9-10-13-6-5-11-21-13)17-16(18)14-7-3-4-8-15(14)22(2,19)20/h3-8,11-12H,9-10H2,1-2H3,(H,17,18). The minimum Gasteiger partial charge on any atom is -0.469 e. The van der Waals surface area contributed by atoms with E-state index in [1.54, 1.807) is 18.4 Å². The summed E-state index contributed by atoms with van der Waals surface area (Å²) in [6.45, 7) is 1.88. The predicted octanol–water partition coefficient (Wildman–Crippen LogP) is 2.43. The third-order valence-electron chi connectivity index (χ3n) is 3.31. The van der Waals surface area contributed by atoms with Crippen molar-refractivity contribution >= 4 is 15.7 Å². The number of rotatable bonds is 6. The van der Waals surface area contributed by atoms with Gasteiger partial charge in [-0.15, -0.1) is 0 Å². The van der Waals surface area contributed by atoms with Crippen LogP contribution in [-0.4, -0.2) is 26.6 Å². The molecule has 0 radical (unpaired) electrons. The van der Waals surface area contributed by atoms with Gasteiger partial charge in [0.05, 0.1) is 16.7 Å². The van der Waals surface area contributed by atoms with Gasteiger partial charge in [-0.1, -0.05) is 12.1 Å². The monoisotopic (exact) mass is 321 g/mol. The Balaban J connectivity index is 2.03. The summed E-state index contributed by atoms with van der Waals surface area (Å²) in [6, 6.07) is 9.83. The van der Waals surface area contributed by atoms with Crippen molar-refractivity contribution < 1.29 is 17.6 Å². The summed E-state index contributed by atoms with van der Waals surface area (Å²) in [5.41, 5.74) is 0.176. The maximum Gasteiger partial charge on any atom is 0.252 e. The van der Waals surface area contributed by atoms with Crippen molar-refractivity contribution in [1.82, 2.24) is 5.32 Å². The van der Waals surface area contributed by atoms with Gasteiger partial charge in [0, 0.05) is 18.7 Å². The lowest BCUT2D eigenvalue weighted by Gasteiger charge is -2.14. The lowest BCUT2D eigenvalue weighted by atomic mass is 10.1. The second-order valence-electron chi connectivity index (χ2n) is 5.26. The fraction of sp³-hybridized carbons (Fsp3) is 0.312. The highest BCUT2D eigenvalue weighted by Gasteiger charge is 2.19. The summed E-state index contributed by atoms with van der Waals surface area (Å²) in [7, 11) is -3.44. The molecule has 5 nitrogen and oxygen atoms in total. The number of furan rings is 1. The first kappa shape index (κ1) is 16.3. The van der Waals surface area contributed by atoms with Crippen LogP contribution in [0.2, 0.25) is 0 Å². The zero-order chi connectivity index (χ0) is 16.2. The number of hydrogen-bond acceptors (Lipinski definition) is 4. The van der Waals surface area contributed by atoms with Crippen LogP contribution in [-0.2, 0) is 16.3 Å². The van der Waals surface area contributed by atoms with E-state index in [0.29, 0.717) is 12.8 Å². The van der Waals surface area contributed by atoms with Crippen LogP contribution >= 0.6 is 0 Å². The molecule has 1 atom stereocenters. The molecule has 22 heavy (non-hydrogen) atoms. The molecule has 1 amide bonds. The third kappa shape index (κ3) is 4.21. The molecule has 0 spiro atoms. The SMILES string of the molecule is CC(CCc1ccco1)NC(=O)c1ccccc1S(C)(=O)=O. The van der Waals surface area contributed by atoms with Gasteiger partial charge < -0.3 is 9.73 Å². The Bertz CT molecular complexity index is 735. The molecule has 6 heteroatoms. The molecule has 2 aromatic rings. The highest BCUT2D eigenvalue weighted by Crippen LogP contribution is 2.15.